The number of amides is 1. The van der Waals surface area contributed by atoms with Crippen LogP contribution in [0.4, 0.5) is 4.39 Å². The highest BCUT2D eigenvalue weighted by Gasteiger charge is 2.36. The second-order valence-corrected chi connectivity index (χ2v) is 8.95. The molecule has 0 spiro atoms. The molecular formula is C27H32FN3O5. The van der Waals surface area contributed by atoms with E-state index in [9.17, 15) is 14.0 Å². The maximum absolute atomic E-state index is 13.6. The minimum Gasteiger partial charge on any atom is -0.497 e. The Morgan fingerprint density at radius 3 is 2.58 bits per heavy atom. The van der Waals surface area contributed by atoms with Gasteiger partial charge in [-0.2, -0.15) is 5.10 Å². The zero-order valence-electron chi connectivity index (χ0n) is 20.9. The molecule has 4 rings (SSSR count). The van der Waals surface area contributed by atoms with Crippen molar-refractivity contribution in [2.75, 3.05) is 40.5 Å². The van der Waals surface area contributed by atoms with Gasteiger partial charge in [0.1, 0.15) is 17.3 Å². The number of hydrazone groups is 1. The molecule has 2 atom stereocenters. The Morgan fingerprint density at radius 1 is 1.11 bits per heavy atom. The van der Waals surface area contributed by atoms with Crippen LogP contribution in [0, 0.1) is 11.7 Å². The summed E-state index contributed by atoms with van der Waals surface area (Å²) in [5.41, 5.74) is 2.24. The third kappa shape index (κ3) is 5.67. The number of rotatable bonds is 8. The van der Waals surface area contributed by atoms with Gasteiger partial charge in [-0.3, -0.25) is 14.5 Å². The topological polar surface area (TPSA) is 80.7 Å². The summed E-state index contributed by atoms with van der Waals surface area (Å²) in [6, 6.07) is 11.2. The molecule has 0 bridgehead atoms. The summed E-state index contributed by atoms with van der Waals surface area (Å²) >= 11 is 0. The number of ether oxygens (including phenoxy) is 3. The first-order chi connectivity index (χ1) is 17.4. The van der Waals surface area contributed by atoms with Gasteiger partial charge in [-0.1, -0.05) is 12.1 Å². The summed E-state index contributed by atoms with van der Waals surface area (Å²) < 4.78 is 29.7. The van der Waals surface area contributed by atoms with Gasteiger partial charge in [-0.25, -0.2) is 9.40 Å². The predicted octanol–water partition coefficient (Wildman–Crippen LogP) is 3.80. The molecule has 0 aliphatic carbocycles. The molecule has 0 saturated carbocycles. The first kappa shape index (κ1) is 25.6. The average Bonchev–Trinajstić information content (AvgIpc) is 3.34. The molecule has 1 amide bonds. The molecular weight excluding hydrogens is 465 g/mol. The van der Waals surface area contributed by atoms with E-state index >= 15 is 0 Å². The van der Waals surface area contributed by atoms with E-state index in [4.69, 9.17) is 14.2 Å². The third-order valence-corrected chi connectivity index (χ3v) is 6.63. The van der Waals surface area contributed by atoms with Gasteiger partial charge in [-0.15, -0.1) is 0 Å². The van der Waals surface area contributed by atoms with Crippen molar-refractivity contribution < 1.29 is 28.2 Å². The SMILES string of the molecule is CCOC(=O)[C@H]1CCCN(CC(=O)N2N=C(c3ccc(F)cc3)C[C@@H]2c2ccc(OC)cc2OC)C1. The van der Waals surface area contributed by atoms with E-state index in [2.05, 4.69) is 5.10 Å². The molecule has 2 aromatic carbocycles. The minimum atomic E-state index is -0.399. The van der Waals surface area contributed by atoms with Crippen LogP contribution in [0.15, 0.2) is 47.6 Å². The van der Waals surface area contributed by atoms with Gasteiger partial charge in [0.15, 0.2) is 0 Å². The lowest BCUT2D eigenvalue weighted by atomic mass is 9.97. The van der Waals surface area contributed by atoms with Crippen molar-refractivity contribution in [3.8, 4) is 11.5 Å². The van der Waals surface area contributed by atoms with Crippen molar-refractivity contribution in [3.05, 3.63) is 59.4 Å². The van der Waals surface area contributed by atoms with Crippen LogP contribution in [0.5, 0.6) is 11.5 Å². The Bertz CT molecular complexity index is 1120. The fourth-order valence-electron chi connectivity index (χ4n) is 4.81. The molecule has 0 aromatic heterocycles. The average molecular weight is 498 g/mol. The minimum absolute atomic E-state index is 0.130. The summed E-state index contributed by atoms with van der Waals surface area (Å²) in [5.74, 6) is 0.269. The van der Waals surface area contributed by atoms with Crippen LogP contribution in [0.25, 0.3) is 0 Å². The number of benzene rings is 2. The van der Waals surface area contributed by atoms with Crippen LogP contribution in [0.2, 0.25) is 0 Å². The van der Waals surface area contributed by atoms with Crippen molar-refractivity contribution >= 4 is 17.6 Å². The second-order valence-electron chi connectivity index (χ2n) is 8.95. The zero-order valence-corrected chi connectivity index (χ0v) is 20.9. The Morgan fingerprint density at radius 2 is 1.89 bits per heavy atom. The van der Waals surface area contributed by atoms with Gasteiger partial charge < -0.3 is 14.2 Å². The van der Waals surface area contributed by atoms with Gasteiger partial charge in [0.05, 0.1) is 45.0 Å². The van der Waals surface area contributed by atoms with Crippen LogP contribution < -0.4 is 9.47 Å². The summed E-state index contributed by atoms with van der Waals surface area (Å²) in [6.07, 6.45) is 2.02. The van der Waals surface area contributed by atoms with Crippen LogP contribution in [-0.4, -0.2) is 68.0 Å². The fraction of sp³-hybridized carbons (Fsp3) is 0.444. The Hall–Kier alpha value is -3.46. The van der Waals surface area contributed by atoms with Crippen molar-refractivity contribution in [2.24, 2.45) is 11.0 Å². The number of halogens is 1. The molecule has 2 aliphatic rings. The zero-order chi connectivity index (χ0) is 25.7. The number of piperidine rings is 1. The Kier molecular flexibility index (Phi) is 8.20. The monoisotopic (exact) mass is 497 g/mol. The lowest BCUT2D eigenvalue weighted by Gasteiger charge is -2.32. The Balaban J connectivity index is 1.59. The number of hydrogen-bond donors (Lipinski definition) is 0. The van der Waals surface area contributed by atoms with E-state index in [0.29, 0.717) is 36.8 Å². The van der Waals surface area contributed by atoms with Crippen LogP contribution >= 0.6 is 0 Å². The maximum atomic E-state index is 13.6. The molecule has 1 fully saturated rings. The van der Waals surface area contributed by atoms with E-state index < -0.39 is 6.04 Å². The summed E-state index contributed by atoms with van der Waals surface area (Å²) in [5, 5.41) is 6.18. The highest BCUT2D eigenvalue weighted by Crippen LogP contribution is 2.39. The maximum Gasteiger partial charge on any atom is 0.310 e. The van der Waals surface area contributed by atoms with Crippen molar-refractivity contribution in [1.29, 1.82) is 0 Å². The van der Waals surface area contributed by atoms with Crippen LogP contribution in [-0.2, 0) is 14.3 Å². The number of carbonyl (C=O) groups excluding carboxylic acids is 2. The highest BCUT2D eigenvalue weighted by atomic mass is 19.1. The molecule has 0 radical (unpaired) electrons. The molecule has 1 saturated heterocycles. The van der Waals surface area contributed by atoms with E-state index in [1.807, 2.05) is 17.0 Å². The first-order valence-corrected chi connectivity index (χ1v) is 12.2. The molecule has 8 nitrogen and oxygen atoms in total. The number of esters is 1. The van der Waals surface area contributed by atoms with Gasteiger partial charge >= 0.3 is 5.97 Å². The molecule has 0 unspecified atom stereocenters. The van der Waals surface area contributed by atoms with E-state index in [1.165, 1.54) is 17.1 Å². The Labute approximate surface area is 210 Å². The number of methoxy groups -OCH3 is 2. The fourth-order valence-corrected chi connectivity index (χ4v) is 4.81. The molecule has 2 aromatic rings. The predicted molar refractivity (Wildman–Crippen MR) is 132 cm³/mol. The number of nitrogens with zero attached hydrogens (tertiary/aromatic N) is 3. The third-order valence-electron chi connectivity index (χ3n) is 6.63. The van der Waals surface area contributed by atoms with Crippen LogP contribution in [0.1, 0.15) is 43.4 Å². The molecule has 2 aliphatic heterocycles. The molecule has 9 heteroatoms. The molecule has 0 N–H and O–H groups in total. The second kappa shape index (κ2) is 11.5. The van der Waals surface area contributed by atoms with E-state index in [-0.39, 0.29) is 30.2 Å². The van der Waals surface area contributed by atoms with Gasteiger partial charge in [0.2, 0.25) is 0 Å². The molecule has 192 valence electrons. The summed E-state index contributed by atoms with van der Waals surface area (Å²) in [6.45, 7) is 3.46. The smallest absolute Gasteiger partial charge is 0.310 e. The van der Waals surface area contributed by atoms with Gasteiger partial charge in [-0.05, 0) is 56.1 Å². The normalized spacial score (nSPS) is 20.1. The molecule has 2 heterocycles. The van der Waals surface area contributed by atoms with Crippen molar-refractivity contribution in [1.82, 2.24) is 9.91 Å². The van der Waals surface area contributed by atoms with Gasteiger partial charge in [0, 0.05) is 24.6 Å². The summed E-state index contributed by atoms with van der Waals surface area (Å²) in [4.78, 5) is 27.8. The molecule has 36 heavy (non-hydrogen) atoms. The quantitative estimate of drug-likeness (QED) is 0.516. The number of carbonyl (C=O) groups is 2. The standard InChI is InChI=1S/C27H32FN3O5/c1-4-36-27(33)19-6-5-13-30(16-19)17-26(32)31-24(22-12-11-21(34-2)14-25(22)35-3)15-23(29-31)18-7-9-20(28)10-8-18/h7-12,14,19,24H,4-6,13,15-17H2,1-3H3/t19-,24+/m0/s1. The van der Waals surface area contributed by atoms with Gasteiger partial charge in [0.25, 0.3) is 5.91 Å². The lowest BCUT2D eigenvalue weighted by Crippen LogP contribution is -2.44. The van der Waals surface area contributed by atoms with Crippen LogP contribution in [0.3, 0.4) is 0 Å². The van der Waals surface area contributed by atoms with E-state index in [1.54, 1.807) is 39.3 Å². The van der Waals surface area contributed by atoms with Crippen molar-refractivity contribution in [3.63, 3.8) is 0 Å². The largest absolute Gasteiger partial charge is 0.497 e. The lowest BCUT2D eigenvalue weighted by molar-refractivity contribution is -0.150. The highest BCUT2D eigenvalue weighted by molar-refractivity contribution is 6.03. The first-order valence-electron chi connectivity index (χ1n) is 12.2. The number of hydrogen-bond acceptors (Lipinski definition) is 7. The summed E-state index contributed by atoms with van der Waals surface area (Å²) in [7, 11) is 3.15. The number of likely N-dealkylation sites (tertiary alicyclic amines) is 1. The van der Waals surface area contributed by atoms with E-state index in [0.717, 1.165) is 30.5 Å². The van der Waals surface area contributed by atoms with Crippen molar-refractivity contribution in [2.45, 2.75) is 32.2 Å².